The minimum absolute atomic E-state index is 0.0346. The Morgan fingerprint density at radius 1 is 1.16 bits per heavy atom. The van der Waals surface area contributed by atoms with Gasteiger partial charge in [-0.15, -0.1) is 15.6 Å². The van der Waals surface area contributed by atoms with Crippen molar-refractivity contribution in [2.24, 2.45) is 7.05 Å². The highest BCUT2D eigenvalue weighted by atomic mass is 35.5. The highest BCUT2D eigenvalue weighted by Gasteiger charge is 2.45. The molecule has 1 saturated heterocycles. The molecular weight excluding hydrogens is 675 g/mol. The van der Waals surface area contributed by atoms with E-state index in [0.29, 0.717) is 41.7 Å². The van der Waals surface area contributed by atoms with Crippen LogP contribution in [0.4, 0.5) is 24.5 Å². The van der Waals surface area contributed by atoms with Crippen molar-refractivity contribution in [3.8, 4) is 0 Å². The van der Waals surface area contributed by atoms with Crippen LogP contribution in [0, 0.1) is 4.91 Å². The summed E-state index contributed by atoms with van der Waals surface area (Å²) in [4.78, 5) is 63.9. The van der Waals surface area contributed by atoms with Gasteiger partial charge in [0.2, 0.25) is 11.6 Å². The molecule has 1 fully saturated rings. The zero-order chi connectivity index (χ0) is 34.8. The molecule has 20 heteroatoms. The lowest BCUT2D eigenvalue weighted by atomic mass is 10.0. The van der Waals surface area contributed by atoms with E-state index in [4.69, 9.17) is 21.3 Å². The summed E-state index contributed by atoms with van der Waals surface area (Å²) in [6.07, 6.45) is -3.06. The van der Waals surface area contributed by atoms with Gasteiger partial charge in [-0.25, -0.2) is 14.0 Å². The number of carbonyl (C=O) groups is 1. The number of fused-ring (bicyclic) bond motifs is 3. The first-order valence-electron chi connectivity index (χ1n) is 15.4. The number of anilines is 2. The highest BCUT2D eigenvalue weighted by molar-refractivity contribution is 6.33. The van der Waals surface area contributed by atoms with Crippen LogP contribution in [0.3, 0.4) is 0 Å². The normalized spacial score (nSPS) is 19.7. The summed E-state index contributed by atoms with van der Waals surface area (Å²) in [5.41, 5.74) is 2.21. The summed E-state index contributed by atoms with van der Waals surface area (Å²) >= 11 is 6.15. The number of aryl methyl sites for hydroxylation is 1. The second-order valence-corrected chi connectivity index (χ2v) is 12.4. The summed E-state index contributed by atoms with van der Waals surface area (Å²) in [6, 6.07) is 2.64. The first-order chi connectivity index (χ1) is 23.3. The lowest BCUT2D eigenvalue weighted by molar-refractivity contribution is -0.580. The van der Waals surface area contributed by atoms with Crippen molar-refractivity contribution < 1.29 is 27.6 Å². The molecule has 3 aliphatic rings. The molecule has 49 heavy (non-hydrogen) atoms. The van der Waals surface area contributed by atoms with E-state index in [1.165, 1.54) is 11.9 Å². The maximum Gasteiger partial charge on any atom is 0.416 e. The Morgan fingerprint density at radius 2 is 1.92 bits per heavy atom. The van der Waals surface area contributed by atoms with E-state index in [9.17, 15) is 32.5 Å². The van der Waals surface area contributed by atoms with Crippen molar-refractivity contribution in [2.75, 3.05) is 49.7 Å². The number of carbonyl (C=O) groups excluding carboxylic acids is 1. The largest absolute Gasteiger partial charge is 0.416 e. The molecule has 258 valence electrons. The molecule has 3 aromatic heterocycles. The molecule has 1 amide bonds. The number of hydrogen-bond acceptors (Lipinski definition) is 9. The molecule has 3 aliphatic heterocycles. The van der Waals surface area contributed by atoms with Crippen molar-refractivity contribution in [1.29, 1.82) is 0 Å². The molecule has 6 heterocycles. The number of hydrazine groups is 1. The van der Waals surface area contributed by atoms with Crippen LogP contribution in [-0.2, 0) is 18.0 Å². The topological polar surface area (TPSA) is 168 Å². The van der Waals surface area contributed by atoms with Crippen LogP contribution in [0.5, 0.6) is 0 Å². The number of amides is 1. The quantitative estimate of drug-likeness (QED) is 0.225. The van der Waals surface area contributed by atoms with Gasteiger partial charge in [-0.1, -0.05) is 24.6 Å². The Morgan fingerprint density at radius 3 is 2.55 bits per heavy atom. The van der Waals surface area contributed by atoms with E-state index in [1.807, 2.05) is 17.9 Å². The van der Waals surface area contributed by atoms with Gasteiger partial charge in [-0.3, -0.25) is 14.6 Å². The zero-order valence-corrected chi connectivity index (χ0v) is 27.0. The van der Waals surface area contributed by atoms with E-state index in [0.717, 1.165) is 33.0 Å². The van der Waals surface area contributed by atoms with Crippen LogP contribution in [0.2, 0.25) is 5.02 Å². The van der Waals surface area contributed by atoms with Crippen LogP contribution in [0.25, 0.3) is 11.4 Å². The van der Waals surface area contributed by atoms with Gasteiger partial charge in [0.05, 0.1) is 34.4 Å². The molecule has 7 rings (SSSR count). The molecule has 2 N–H and O–H groups in total. The van der Waals surface area contributed by atoms with Gasteiger partial charge in [0.1, 0.15) is 16.2 Å². The van der Waals surface area contributed by atoms with Gasteiger partial charge in [0.15, 0.2) is 5.82 Å². The van der Waals surface area contributed by atoms with Crippen LogP contribution in [-0.4, -0.2) is 89.0 Å². The third kappa shape index (κ3) is 5.75. The number of rotatable bonds is 6. The van der Waals surface area contributed by atoms with Crippen molar-refractivity contribution in [3.63, 3.8) is 0 Å². The molecule has 0 unspecified atom stereocenters. The van der Waals surface area contributed by atoms with Crippen LogP contribution < -0.4 is 21.6 Å². The number of nitroso groups, excluding NO2 is 1. The van der Waals surface area contributed by atoms with Crippen LogP contribution in [0.1, 0.15) is 59.5 Å². The smallest absolute Gasteiger partial charge is 0.377 e. The van der Waals surface area contributed by atoms with Gasteiger partial charge < -0.3 is 14.5 Å². The first-order valence-corrected chi connectivity index (χ1v) is 15.8. The van der Waals surface area contributed by atoms with E-state index >= 15 is 0 Å². The number of nitrogens with zero attached hydrogens (tertiary/aromatic N) is 9. The molecular formula is C29H30ClF3N11O5+. The Labute approximate surface area is 279 Å². The zero-order valence-electron chi connectivity index (χ0n) is 26.2. The van der Waals surface area contributed by atoms with Crippen molar-refractivity contribution in [3.05, 3.63) is 77.9 Å². The molecule has 0 aliphatic carbocycles. The summed E-state index contributed by atoms with van der Waals surface area (Å²) in [5.74, 6) is -0.465. The third-order valence-electron chi connectivity index (χ3n) is 8.94. The third-order valence-corrected chi connectivity index (χ3v) is 9.25. The predicted molar refractivity (Wildman–Crippen MR) is 168 cm³/mol. The minimum Gasteiger partial charge on any atom is -0.377 e. The number of alkyl halides is 3. The number of aromatic nitrogens is 7. The average molecular weight is 705 g/mol. The molecule has 2 atom stereocenters. The Bertz CT molecular complexity index is 2150. The summed E-state index contributed by atoms with van der Waals surface area (Å²) in [7, 11) is 1.43. The fraction of sp³-hybridized carbons (Fsp3) is 0.448. The summed E-state index contributed by atoms with van der Waals surface area (Å²) < 4.78 is 48.9. The van der Waals surface area contributed by atoms with Crippen molar-refractivity contribution in [1.82, 2.24) is 38.8 Å². The number of ether oxygens (including phenoxy) is 1. The molecule has 1 aromatic carbocycles. The van der Waals surface area contributed by atoms with Gasteiger partial charge in [0.25, 0.3) is 11.5 Å². The number of hydrogen-bond donors (Lipinski definition) is 2. The molecule has 16 nitrogen and oxygen atoms in total. The number of nitrogens with one attached hydrogen (secondary N) is 2. The SMILES string of the molecule is C[C@@H]1C[C@H]([N+](=O)Nc2ccc(C(F)(F)F)cc2Cl)n2c1c(N1CCN(C(=O)c3nn(C)c(=O)[nH]3)CC1)c(=O)n1nc(C3=CCOCC3)nc21. The predicted octanol–water partition coefficient (Wildman–Crippen LogP) is 2.56. The maximum atomic E-state index is 14.2. The lowest BCUT2D eigenvalue weighted by Crippen LogP contribution is -2.51. The van der Waals surface area contributed by atoms with Crippen LogP contribution >= 0.6 is 11.6 Å². The molecule has 0 radical (unpaired) electrons. The Balaban J connectivity index is 1.26. The Hall–Kier alpha value is -5.04. The number of halogens is 4. The summed E-state index contributed by atoms with van der Waals surface area (Å²) in [5, 5.41) is 8.20. The average Bonchev–Trinajstić information content (AvgIpc) is 3.77. The molecule has 0 spiro atoms. The van der Waals surface area contributed by atoms with Gasteiger partial charge in [-0.2, -0.15) is 22.7 Å². The molecule has 4 aromatic rings. The van der Waals surface area contributed by atoms with E-state index in [-0.39, 0.29) is 60.8 Å². The standard InChI is InChI=1S/C29H29ClF3N11O5/c1-15-13-20(44(48)36-19-4-3-17(14-18(19)30)29(31,32)33)42-21(15)22(25(45)43-27(42)34-23(38-43)16-5-11-49-12-6-16)40-7-9-41(10-8-40)26(46)24-35-28(47)39(2)37-24/h3-5,14-15,20H,6-13H2,1-2H3,(H-,35,36,37,47,48)/p+1/t15-,20+/m1/s1. The van der Waals surface area contributed by atoms with Gasteiger partial charge in [0, 0.05) is 45.6 Å². The number of benzene rings is 1. The second-order valence-electron chi connectivity index (χ2n) is 12.0. The van der Waals surface area contributed by atoms with E-state index in [2.05, 4.69) is 20.6 Å². The van der Waals surface area contributed by atoms with Crippen LogP contribution in [0.15, 0.2) is 33.9 Å². The van der Waals surface area contributed by atoms with E-state index in [1.54, 1.807) is 4.57 Å². The van der Waals surface area contributed by atoms with Crippen molar-refractivity contribution in [2.45, 2.75) is 38.0 Å². The molecule has 0 bridgehead atoms. The number of piperazine rings is 1. The minimum atomic E-state index is -4.62. The van der Waals surface area contributed by atoms with Gasteiger partial charge >= 0.3 is 18.0 Å². The fourth-order valence-corrected chi connectivity index (χ4v) is 6.67. The van der Waals surface area contributed by atoms with E-state index < -0.39 is 35.1 Å². The lowest BCUT2D eigenvalue weighted by Gasteiger charge is -2.36. The van der Waals surface area contributed by atoms with Gasteiger partial charge in [-0.05, 0) is 30.2 Å². The fourth-order valence-electron chi connectivity index (χ4n) is 6.45. The second kappa shape index (κ2) is 12.1. The number of aromatic amines is 1. The van der Waals surface area contributed by atoms with Crippen molar-refractivity contribution >= 4 is 40.2 Å². The monoisotopic (exact) mass is 704 g/mol. The molecule has 0 saturated carbocycles. The summed E-state index contributed by atoms with van der Waals surface area (Å²) in [6.45, 7) is 3.58. The highest BCUT2D eigenvalue weighted by Crippen LogP contribution is 2.42. The maximum absolute atomic E-state index is 14.2. The Kier molecular flexibility index (Phi) is 8.05. The first kappa shape index (κ1) is 32.5. The number of H-pyrrole nitrogens is 1.